The Kier molecular flexibility index (Phi) is 11.2. The van der Waals surface area contributed by atoms with Crippen LogP contribution in [-0.4, -0.2) is 94.1 Å². The first kappa shape index (κ1) is 32.0. The van der Waals surface area contributed by atoms with Gasteiger partial charge in [-0.3, -0.25) is 14.7 Å². The summed E-state index contributed by atoms with van der Waals surface area (Å²) in [4.78, 5) is 39.4. The summed E-state index contributed by atoms with van der Waals surface area (Å²) < 4.78 is 69.2. The molecule has 2 saturated heterocycles. The standard InChI is InChI=1S/C19H23N3O2S.2C2HF3O2/c1-24-18-4-7-22(19(23)15-5-8-25-13-15)17-12-21(11-16(17)18)10-14-3-2-6-20-9-14;2*3-2(4,5)1(6)7/h2-3,5-6,8-9,13,16-18H,4,7,10-12H2,1H3;2*(H,6,7)/t16-,17+,18-;;/m0../s1. The van der Waals surface area contributed by atoms with E-state index < -0.39 is 24.3 Å². The Morgan fingerprint density at radius 1 is 1.08 bits per heavy atom. The number of rotatable bonds is 4. The molecule has 0 unspecified atom stereocenters. The van der Waals surface area contributed by atoms with Crippen molar-refractivity contribution in [2.24, 2.45) is 5.92 Å². The number of carboxylic acids is 2. The lowest BCUT2D eigenvalue weighted by Crippen LogP contribution is -2.53. The first-order chi connectivity index (χ1) is 18.1. The van der Waals surface area contributed by atoms with E-state index in [1.807, 2.05) is 29.1 Å². The Balaban J connectivity index is 0.000000317. The number of piperidine rings is 1. The van der Waals surface area contributed by atoms with Gasteiger partial charge in [0.1, 0.15) is 0 Å². The smallest absolute Gasteiger partial charge is 0.475 e. The lowest BCUT2D eigenvalue weighted by Gasteiger charge is -2.41. The first-order valence-corrected chi connectivity index (χ1v) is 12.2. The number of ether oxygens (including phenoxy) is 1. The largest absolute Gasteiger partial charge is 0.490 e. The SMILES string of the molecule is CO[C@H]1CCN(C(=O)c2ccsc2)[C@@H]2CN(Cc3cccnc3)C[C@H]12.O=C(O)C(F)(F)F.O=C(O)C(F)(F)F. The molecule has 2 aromatic heterocycles. The molecule has 0 aromatic carbocycles. The van der Waals surface area contributed by atoms with Crippen molar-refractivity contribution in [3.8, 4) is 0 Å². The Morgan fingerprint density at radius 2 is 1.69 bits per heavy atom. The van der Waals surface area contributed by atoms with Gasteiger partial charge in [0.15, 0.2) is 0 Å². The van der Waals surface area contributed by atoms with E-state index in [0.717, 1.165) is 38.2 Å². The van der Waals surface area contributed by atoms with Crippen LogP contribution in [0, 0.1) is 5.92 Å². The number of methoxy groups -OCH3 is 1. The Hall–Kier alpha value is -3.24. The van der Waals surface area contributed by atoms with Crippen LogP contribution in [0.5, 0.6) is 0 Å². The number of hydrogen-bond donors (Lipinski definition) is 2. The molecule has 4 rings (SSSR count). The molecule has 16 heteroatoms. The molecule has 2 aliphatic rings. The zero-order chi connectivity index (χ0) is 29.4. The number of amides is 1. The summed E-state index contributed by atoms with van der Waals surface area (Å²) in [7, 11) is 1.79. The van der Waals surface area contributed by atoms with Crippen LogP contribution in [0.4, 0.5) is 26.3 Å². The molecule has 0 aliphatic carbocycles. The van der Waals surface area contributed by atoms with Crippen molar-refractivity contribution in [2.45, 2.75) is 37.5 Å². The van der Waals surface area contributed by atoms with Crippen molar-refractivity contribution < 1.29 is 55.7 Å². The average Bonchev–Trinajstić information content (AvgIpc) is 3.54. The van der Waals surface area contributed by atoms with Crippen LogP contribution in [0.15, 0.2) is 41.4 Å². The summed E-state index contributed by atoms with van der Waals surface area (Å²) in [6, 6.07) is 6.23. The Morgan fingerprint density at radius 3 is 2.15 bits per heavy atom. The van der Waals surface area contributed by atoms with Crippen LogP contribution < -0.4 is 0 Å². The third-order valence-electron chi connectivity index (χ3n) is 5.89. The lowest BCUT2D eigenvalue weighted by molar-refractivity contribution is -0.193. The van der Waals surface area contributed by atoms with E-state index >= 15 is 0 Å². The van der Waals surface area contributed by atoms with E-state index in [-0.39, 0.29) is 18.1 Å². The van der Waals surface area contributed by atoms with E-state index in [1.165, 1.54) is 5.56 Å². The quantitative estimate of drug-likeness (QED) is 0.521. The monoisotopic (exact) mass is 585 g/mol. The highest BCUT2D eigenvalue weighted by Crippen LogP contribution is 2.34. The third kappa shape index (κ3) is 9.47. The van der Waals surface area contributed by atoms with Crippen LogP contribution in [0.3, 0.4) is 0 Å². The molecule has 0 radical (unpaired) electrons. The second kappa shape index (κ2) is 13.7. The van der Waals surface area contributed by atoms with Crippen LogP contribution in [0.25, 0.3) is 0 Å². The number of carboxylic acid groups (broad SMARTS) is 2. The molecule has 39 heavy (non-hydrogen) atoms. The molecular weight excluding hydrogens is 560 g/mol. The number of pyridine rings is 1. The summed E-state index contributed by atoms with van der Waals surface area (Å²) in [5.74, 6) is -4.98. The van der Waals surface area contributed by atoms with Gasteiger partial charge < -0.3 is 19.8 Å². The number of carbonyl (C=O) groups is 3. The Labute approximate surface area is 222 Å². The molecule has 216 valence electrons. The lowest BCUT2D eigenvalue weighted by atomic mass is 9.88. The minimum atomic E-state index is -5.08. The Bertz CT molecular complexity index is 1060. The van der Waals surface area contributed by atoms with Crippen molar-refractivity contribution in [2.75, 3.05) is 26.7 Å². The van der Waals surface area contributed by atoms with Gasteiger partial charge in [-0.05, 0) is 29.5 Å². The molecule has 3 atom stereocenters. The highest BCUT2D eigenvalue weighted by Gasteiger charge is 2.46. The van der Waals surface area contributed by atoms with Gasteiger partial charge in [0.05, 0.1) is 17.7 Å². The fourth-order valence-electron chi connectivity index (χ4n) is 4.21. The van der Waals surface area contributed by atoms with Gasteiger partial charge in [0.25, 0.3) is 5.91 Å². The van der Waals surface area contributed by atoms with Gasteiger partial charge in [0, 0.05) is 57.0 Å². The number of likely N-dealkylation sites (tertiary alicyclic amines) is 2. The second-order valence-electron chi connectivity index (χ2n) is 8.47. The minimum absolute atomic E-state index is 0.161. The maximum atomic E-state index is 12.9. The number of halogens is 6. The number of hydrogen-bond acceptors (Lipinski definition) is 7. The number of fused-ring (bicyclic) bond motifs is 1. The highest BCUT2D eigenvalue weighted by atomic mass is 32.1. The van der Waals surface area contributed by atoms with Crippen LogP contribution >= 0.6 is 11.3 Å². The van der Waals surface area contributed by atoms with E-state index in [4.69, 9.17) is 24.5 Å². The molecule has 2 aliphatic heterocycles. The molecular formula is C23H25F6N3O6S. The van der Waals surface area contributed by atoms with Crippen molar-refractivity contribution >= 4 is 29.2 Å². The third-order valence-corrected chi connectivity index (χ3v) is 6.57. The first-order valence-electron chi connectivity index (χ1n) is 11.2. The van der Waals surface area contributed by atoms with Gasteiger partial charge in [-0.2, -0.15) is 37.7 Å². The average molecular weight is 586 g/mol. The zero-order valence-corrected chi connectivity index (χ0v) is 21.2. The van der Waals surface area contributed by atoms with Crippen molar-refractivity contribution in [1.29, 1.82) is 0 Å². The second-order valence-corrected chi connectivity index (χ2v) is 9.25. The highest BCUT2D eigenvalue weighted by molar-refractivity contribution is 7.08. The van der Waals surface area contributed by atoms with Gasteiger partial charge in [-0.15, -0.1) is 0 Å². The maximum absolute atomic E-state index is 12.9. The molecule has 4 heterocycles. The number of aliphatic carboxylic acids is 2. The van der Waals surface area contributed by atoms with Crippen molar-refractivity contribution in [3.63, 3.8) is 0 Å². The summed E-state index contributed by atoms with van der Waals surface area (Å²) in [6.45, 7) is 3.51. The summed E-state index contributed by atoms with van der Waals surface area (Å²) in [5.41, 5.74) is 2.02. The normalized spacial score (nSPS) is 21.1. The number of nitrogens with zero attached hydrogens (tertiary/aromatic N) is 3. The molecule has 9 nitrogen and oxygen atoms in total. The van der Waals surface area contributed by atoms with Crippen LogP contribution in [0.1, 0.15) is 22.3 Å². The van der Waals surface area contributed by atoms with Gasteiger partial charge in [-0.1, -0.05) is 6.07 Å². The van der Waals surface area contributed by atoms with E-state index in [1.54, 1.807) is 24.6 Å². The molecule has 2 fully saturated rings. The predicted octanol–water partition coefficient (Wildman–Crippen LogP) is 3.77. The summed E-state index contributed by atoms with van der Waals surface area (Å²) in [6.07, 6.45) is -5.30. The van der Waals surface area contributed by atoms with Crippen LogP contribution in [0.2, 0.25) is 0 Å². The number of aromatic nitrogens is 1. The van der Waals surface area contributed by atoms with Crippen molar-refractivity contribution in [1.82, 2.24) is 14.8 Å². The minimum Gasteiger partial charge on any atom is -0.475 e. The van der Waals surface area contributed by atoms with Crippen LogP contribution in [-0.2, 0) is 20.9 Å². The molecule has 0 saturated carbocycles. The number of alkyl halides is 6. The molecule has 0 bridgehead atoms. The van der Waals surface area contributed by atoms with Gasteiger partial charge in [-0.25, -0.2) is 9.59 Å². The van der Waals surface area contributed by atoms with E-state index in [2.05, 4.69) is 20.9 Å². The van der Waals surface area contributed by atoms with Crippen molar-refractivity contribution in [3.05, 3.63) is 52.5 Å². The number of carbonyl (C=O) groups excluding carboxylic acids is 1. The summed E-state index contributed by atoms with van der Waals surface area (Å²) >= 11 is 1.57. The molecule has 0 spiro atoms. The molecule has 1 amide bonds. The molecule has 2 aromatic rings. The predicted molar refractivity (Wildman–Crippen MR) is 125 cm³/mol. The fourth-order valence-corrected chi connectivity index (χ4v) is 4.84. The number of thiophene rings is 1. The van der Waals surface area contributed by atoms with E-state index in [9.17, 15) is 31.1 Å². The topological polar surface area (TPSA) is 120 Å². The van der Waals surface area contributed by atoms with E-state index in [0.29, 0.717) is 5.92 Å². The maximum Gasteiger partial charge on any atom is 0.490 e. The summed E-state index contributed by atoms with van der Waals surface area (Å²) in [5, 5.41) is 18.2. The zero-order valence-electron chi connectivity index (χ0n) is 20.4. The van der Waals surface area contributed by atoms with Gasteiger partial charge >= 0.3 is 24.3 Å². The van der Waals surface area contributed by atoms with Gasteiger partial charge in [0.2, 0.25) is 0 Å². The fraction of sp³-hybridized carbons (Fsp3) is 0.478. The molecule has 2 N–H and O–H groups in total.